The first-order valence-electron chi connectivity index (χ1n) is 8.44. The first kappa shape index (κ1) is 18.0. The van der Waals surface area contributed by atoms with Crippen molar-refractivity contribution < 1.29 is 23.9 Å². The number of esters is 2. The molecule has 1 aliphatic heterocycles. The third-order valence-corrected chi connectivity index (χ3v) is 7.30. The Morgan fingerprint density at radius 2 is 2.12 bits per heavy atom. The van der Waals surface area contributed by atoms with E-state index in [0.29, 0.717) is 5.69 Å². The molecule has 6 atom stereocenters. The molecule has 6 nitrogen and oxygen atoms in total. The van der Waals surface area contributed by atoms with Crippen LogP contribution in [0.25, 0.3) is 0 Å². The number of aryl methyl sites for hydroxylation is 1. The number of alkyl halides is 1. The van der Waals surface area contributed by atoms with Gasteiger partial charge in [-0.1, -0.05) is 31.9 Å². The lowest BCUT2D eigenvalue weighted by molar-refractivity contribution is -0.157. The predicted octanol–water partition coefficient (Wildman–Crippen LogP) is 2.81. The van der Waals surface area contributed by atoms with Crippen molar-refractivity contribution in [3.05, 3.63) is 28.2 Å². The summed E-state index contributed by atoms with van der Waals surface area (Å²) in [4.78, 5) is 36.7. The Morgan fingerprint density at radius 3 is 2.85 bits per heavy atom. The molecule has 1 saturated heterocycles. The van der Waals surface area contributed by atoms with Crippen LogP contribution in [0.4, 0.5) is 5.69 Å². The van der Waals surface area contributed by atoms with E-state index in [-0.39, 0.29) is 35.3 Å². The van der Waals surface area contributed by atoms with Crippen molar-refractivity contribution in [1.29, 1.82) is 0 Å². The highest BCUT2D eigenvalue weighted by atomic mass is 79.9. The van der Waals surface area contributed by atoms with Gasteiger partial charge >= 0.3 is 11.9 Å². The minimum absolute atomic E-state index is 0.0192. The van der Waals surface area contributed by atoms with Crippen molar-refractivity contribution in [3.63, 3.8) is 0 Å². The van der Waals surface area contributed by atoms with Crippen molar-refractivity contribution in [2.75, 3.05) is 11.9 Å². The molecule has 1 aromatic carbocycles. The van der Waals surface area contributed by atoms with Crippen LogP contribution >= 0.6 is 31.9 Å². The third kappa shape index (κ3) is 2.87. The van der Waals surface area contributed by atoms with Crippen molar-refractivity contribution in [2.24, 2.45) is 23.7 Å². The molecule has 138 valence electrons. The molecule has 1 aromatic rings. The summed E-state index contributed by atoms with van der Waals surface area (Å²) in [7, 11) is 0. The van der Waals surface area contributed by atoms with Gasteiger partial charge in [-0.25, -0.2) is 0 Å². The molecule has 0 unspecified atom stereocenters. The largest absolute Gasteiger partial charge is 0.461 e. The van der Waals surface area contributed by atoms with Crippen LogP contribution in [0, 0.1) is 30.6 Å². The van der Waals surface area contributed by atoms with Crippen LogP contribution in [0.15, 0.2) is 22.7 Å². The molecular weight excluding hydrogens is 470 g/mol. The molecule has 1 amide bonds. The van der Waals surface area contributed by atoms with E-state index in [2.05, 4.69) is 37.2 Å². The highest BCUT2D eigenvalue weighted by Gasteiger charge is 2.68. The zero-order valence-electron chi connectivity index (χ0n) is 13.9. The summed E-state index contributed by atoms with van der Waals surface area (Å²) in [6.07, 6.45) is 0.645. The Kier molecular flexibility index (Phi) is 4.59. The van der Waals surface area contributed by atoms with E-state index in [4.69, 9.17) is 9.47 Å². The Hall–Kier alpha value is -1.41. The third-order valence-electron chi connectivity index (χ3n) is 5.60. The number of rotatable bonds is 4. The normalized spacial score (nSPS) is 33.9. The maximum atomic E-state index is 12.5. The molecule has 2 bridgehead atoms. The summed E-state index contributed by atoms with van der Waals surface area (Å²) in [5.74, 6) is -2.08. The number of carbonyl (C=O) groups excluding carboxylic acids is 3. The molecule has 1 heterocycles. The highest BCUT2D eigenvalue weighted by Crippen LogP contribution is 2.60. The van der Waals surface area contributed by atoms with Crippen molar-refractivity contribution in [2.45, 2.75) is 24.3 Å². The van der Waals surface area contributed by atoms with Gasteiger partial charge in [-0.15, -0.1) is 0 Å². The van der Waals surface area contributed by atoms with Crippen LogP contribution in [0.1, 0.15) is 12.0 Å². The number of halogens is 2. The smallest absolute Gasteiger partial charge is 0.310 e. The van der Waals surface area contributed by atoms with E-state index >= 15 is 0 Å². The predicted molar refractivity (Wildman–Crippen MR) is 99.6 cm³/mol. The van der Waals surface area contributed by atoms with E-state index in [0.717, 1.165) is 16.5 Å². The number of carbonyl (C=O) groups is 3. The summed E-state index contributed by atoms with van der Waals surface area (Å²) >= 11 is 6.92. The summed E-state index contributed by atoms with van der Waals surface area (Å²) < 4.78 is 11.5. The number of amides is 1. The van der Waals surface area contributed by atoms with E-state index in [9.17, 15) is 14.4 Å². The molecule has 2 saturated carbocycles. The highest BCUT2D eigenvalue weighted by molar-refractivity contribution is 9.10. The van der Waals surface area contributed by atoms with E-state index < -0.39 is 23.7 Å². The molecule has 0 aromatic heterocycles. The standard InChI is InChI=1S/C18H17Br2NO5/c1-7-4-8(19)2-3-11(7)21-12(22)6-25-17(23)13-9-5-10-14(13)18(24)26-16(10)15(9)20/h2-4,9-10,13-16H,5-6H2,1H3,(H,21,22)/t9-,10-,13-,14+,15+,16+/m1/s1. The molecule has 26 heavy (non-hydrogen) atoms. The van der Waals surface area contributed by atoms with Gasteiger partial charge in [0.15, 0.2) is 6.61 Å². The van der Waals surface area contributed by atoms with Gasteiger partial charge in [0.05, 0.1) is 16.7 Å². The van der Waals surface area contributed by atoms with E-state index in [1.54, 1.807) is 6.07 Å². The van der Waals surface area contributed by atoms with Gasteiger partial charge in [-0.2, -0.15) is 0 Å². The van der Waals surface area contributed by atoms with E-state index in [1.807, 2.05) is 19.1 Å². The molecule has 8 heteroatoms. The molecule has 3 aliphatic rings. The second-order valence-electron chi connectivity index (χ2n) is 7.08. The van der Waals surface area contributed by atoms with Gasteiger partial charge < -0.3 is 14.8 Å². The van der Waals surface area contributed by atoms with Gasteiger partial charge in [0.25, 0.3) is 5.91 Å². The fourth-order valence-electron chi connectivity index (χ4n) is 4.48. The number of ether oxygens (including phenoxy) is 2. The summed E-state index contributed by atoms with van der Waals surface area (Å²) in [5, 5.41) is 2.73. The summed E-state index contributed by atoms with van der Waals surface area (Å²) in [6.45, 7) is 1.50. The average molecular weight is 487 g/mol. The van der Waals surface area contributed by atoms with Gasteiger partial charge in [0.2, 0.25) is 0 Å². The van der Waals surface area contributed by atoms with Crippen LogP contribution in [0.2, 0.25) is 0 Å². The summed E-state index contributed by atoms with van der Waals surface area (Å²) in [6, 6.07) is 5.48. The quantitative estimate of drug-likeness (QED) is 0.522. The average Bonchev–Trinajstić information content (AvgIpc) is 3.19. The van der Waals surface area contributed by atoms with Crippen molar-refractivity contribution in [1.82, 2.24) is 0 Å². The molecule has 1 N–H and O–H groups in total. The first-order valence-corrected chi connectivity index (χ1v) is 10.1. The van der Waals surface area contributed by atoms with Crippen molar-refractivity contribution >= 4 is 55.4 Å². The molecular formula is C18H17Br2NO5. The van der Waals surface area contributed by atoms with E-state index in [1.165, 1.54) is 0 Å². The number of hydrogen-bond acceptors (Lipinski definition) is 5. The maximum Gasteiger partial charge on any atom is 0.310 e. The zero-order chi connectivity index (χ0) is 18.6. The Balaban J connectivity index is 1.37. The topological polar surface area (TPSA) is 81.7 Å². The SMILES string of the molecule is Cc1cc(Br)ccc1NC(=O)COC(=O)[C@@H]1[C@H]2C[C@H]3[C@H](OC(=O)[C@@H]31)[C@H]2Br. The van der Waals surface area contributed by atoms with Crippen molar-refractivity contribution in [3.8, 4) is 0 Å². The number of anilines is 1. The van der Waals surface area contributed by atoms with Gasteiger partial charge in [0.1, 0.15) is 6.10 Å². The van der Waals surface area contributed by atoms with Gasteiger partial charge in [0, 0.05) is 16.1 Å². The lowest BCUT2D eigenvalue weighted by Crippen LogP contribution is -2.39. The Morgan fingerprint density at radius 1 is 1.35 bits per heavy atom. The van der Waals surface area contributed by atoms with Crippen LogP contribution in [0.3, 0.4) is 0 Å². The Labute approximate surface area is 167 Å². The second-order valence-corrected chi connectivity index (χ2v) is 9.05. The molecule has 2 aliphatic carbocycles. The molecule has 0 spiro atoms. The zero-order valence-corrected chi connectivity index (χ0v) is 17.1. The maximum absolute atomic E-state index is 12.5. The second kappa shape index (κ2) is 6.64. The number of fused-ring (bicyclic) bond motifs is 1. The lowest BCUT2D eigenvalue weighted by Gasteiger charge is -2.26. The fourth-order valence-corrected chi connectivity index (χ4v) is 6.00. The number of nitrogens with one attached hydrogen (secondary N) is 1. The van der Waals surface area contributed by atoms with Gasteiger partial charge in [-0.3, -0.25) is 14.4 Å². The van der Waals surface area contributed by atoms with Gasteiger partial charge in [-0.05, 0) is 43.0 Å². The van der Waals surface area contributed by atoms with Crippen LogP contribution in [-0.4, -0.2) is 35.4 Å². The molecule has 0 radical (unpaired) electrons. The molecule has 4 rings (SSSR count). The van der Waals surface area contributed by atoms with Crippen LogP contribution in [-0.2, 0) is 23.9 Å². The number of benzene rings is 1. The fraction of sp³-hybridized carbons (Fsp3) is 0.500. The minimum atomic E-state index is -0.530. The number of hydrogen-bond donors (Lipinski definition) is 1. The van der Waals surface area contributed by atoms with Crippen LogP contribution < -0.4 is 5.32 Å². The lowest BCUT2D eigenvalue weighted by atomic mass is 9.80. The first-order chi connectivity index (χ1) is 12.4. The monoisotopic (exact) mass is 485 g/mol. The molecule has 3 fully saturated rings. The summed E-state index contributed by atoms with van der Waals surface area (Å²) in [5.41, 5.74) is 1.56. The Bertz CT molecular complexity index is 798. The minimum Gasteiger partial charge on any atom is -0.461 e. The van der Waals surface area contributed by atoms with Crippen LogP contribution in [0.5, 0.6) is 0 Å².